The van der Waals surface area contributed by atoms with Crippen LogP contribution >= 0.6 is 0 Å². The number of hydrogen-bond acceptors (Lipinski definition) is 7. The monoisotopic (exact) mass is 385 g/mol. The number of carbonyl (C=O) groups is 1. The smallest absolute Gasteiger partial charge is 0.247 e. The Labute approximate surface area is 164 Å². The molecular weight excluding hydrogens is 358 g/mol. The number of piperazine rings is 1. The average Bonchev–Trinajstić information content (AvgIpc) is 3.28. The van der Waals surface area contributed by atoms with Crippen LogP contribution in [0.3, 0.4) is 0 Å². The van der Waals surface area contributed by atoms with Gasteiger partial charge in [-0.3, -0.25) is 9.48 Å². The summed E-state index contributed by atoms with van der Waals surface area (Å²) in [5, 5.41) is 4.19. The summed E-state index contributed by atoms with van der Waals surface area (Å²) in [6, 6.07) is 3.58. The van der Waals surface area contributed by atoms with Gasteiger partial charge in [0.05, 0.1) is 13.2 Å². The van der Waals surface area contributed by atoms with Crippen LogP contribution in [-0.2, 0) is 9.53 Å². The number of aromatic nitrogens is 4. The van der Waals surface area contributed by atoms with Gasteiger partial charge in [0.25, 0.3) is 0 Å². The highest BCUT2D eigenvalue weighted by molar-refractivity contribution is 5.80. The van der Waals surface area contributed by atoms with Crippen LogP contribution < -0.4 is 9.80 Å². The average molecular weight is 385 g/mol. The molecule has 0 saturated carbocycles. The first-order valence-corrected chi connectivity index (χ1v) is 9.83. The minimum absolute atomic E-state index is 0.108. The van der Waals surface area contributed by atoms with Crippen LogP contribution in [-0.4, -0.2) is 83.0 Å². The molecule has 0 aromatic carbocycles. The second kappa shape index (κ2) is 8.14. The fraction of sp³-hybridized carbons (Fsp3) is 0.579. The lowest BCUT2D eigenvalue weighted by Gasteiger charge is -2.37. The molecule has 1 unspecified atom stereocenters. The van der Waals surface area contributed by atoms with Crippen molar-refractivity contribution in [2.45, 2.75) is 19.9 Å². The molecule has 2 saturated heterocycles. The van der Waals surface area contributed by atoms with E-state index in [4.69, 9.17) is 9.72 Å². The molecule has 4 heterocycles. The molecule has 28 heavy (non-hydrogen) atoms. The molecule has 1 amide bonds. The summed E-state index contributed by atoms with van der Waals surface area (Å²) >= 11 is 0. The van der Waals surface area contributed by atoms with Crippen molar-refractivity contribution in [3.63, 3.8) is 0 Å². The summed E-state index contributed by atoms with van der Waals surface area (Å²) in [6.07, 6.45) is 3.53. The standard InChI is InChI=1S/C19H27N7O2/c1-15-14-17(22-19(21-15)25-10-12-28-13-11-25)23-6-8-24(9-7-23)18(27)16(2)26-5-3-4-20-26/h3-5,14,16H,6-13H2,1-2H3. The van der Waals surface area contributed by atoms with E-state index >= 15 is 0 Å². The number of morpholine rings is 1. The third kappa shape index (κ3) is 3.94. The van der Waals surface area contributed by atoms with Crippen LogP contribution in [0.5, 0.6) is 0 Å². The lowest BCUT2D eigenvalue weighted by molar-refractivity contribution is -0.134. The fourth-order valence-corrected chi connectivity index (χ4v) is 3.65. The number of amides is 1. The molecule has 150 valence electrons. The number of aryl methyl sites for hydroxylation is 1. The number of hydrogen-bond donors (Lipinski definition) is 0. The second-order valence-electron chi connectivity index (χ2n) is 7.24. The number of nitrogens with zero attached hydrogens (tertiary/aromatic N) is 7. The van der Waals surface area contributed by atoms with E-state index in [0.29, 0.717) is 26.3 Å². The van der Waals surface area contributed by atoms with Gasteiger partial charge < -0.3 is 19.4 Å². The molecule has 9 nitrogen and oxygen atoms in total. The van der Waals surface area contributed by atoms with Gasteiger partial charge >= 0.3 is 0 Å². The number of carbonyl (C=O) groups excluding carboxylic acids is 1. The minimum Gasteiger partial charge on any atom is -0.378 e. The Kier molecular flexibility index (Phi) is 5.43. The molecule has 0 N–H and O–H groups in total. The first kappa shape index (κ1) is 18.7. The lowest BCUT2D eigenvalue weighted by atomic mass is 10.2. The normalized spacial score (nSPS) is 19.0. The molecule has 2 aromatic rings. The van der Waals surface area contributed by atoms with E-state index in [2.05, 4.69) is 19.9 Å². The summed E-state index contributed by atoms with van der Waals surface area (Å²) in [5.74, 6) is 1.81. The molecule has 0 radical (unpaired) electrons. The predicted molar refractivity (Wildman–Crippen MR) is 106 cm³/mol. The van der Waals surface area contributed by atoms with E-state index in [9.17, 15) is 4.79 Å². The number of rotatable bonds is 4. The van der Waals surface area contributed by atoms with Crippen molar-refractivity contribution in [3.8, 4) is 0 Å². The van der Waals surface area contributed by atoms with Crippen LogP contribution in [0.2, 0.25) is 0 Å². The molecule has 2 aromatic heterocycles. The van der Waals surface area contributed by atoms with Gasteiger partial charge in [0.1, 0.15) is 11.9 Å². The van der Waals surface area contributed by atoms with Gasteiger partial charge in [0.2, 0.25) is 11.9 Å². The van der Waals surface area contributed by atoms with Gasteiger partial charge in [0, 0.05) is 63.4 Å². The first-order chi connectivity index (χ1) is 13.6. The van der Waals surface area contributed by atoms with E-state index in [-0.39, 0.29) is 11.9 Å². The minimum atomic E-state index is -0.282. The third-order valence-electron chi connectivity index (χ3n) is 5.32. The summed E-state index contributed by atoms with van der Waals surface area (Å²) in [7, 11) is 0. The second-order valence-corrected chi connectivity index (χ2v) is 7.24. The zero-order valence-electron chi connectivity index (χ0n) is 16.5. The highest BCUT2D eigenvalue weighted by atomic mass is 16.5. The quantitative estimate of drug-likeness (QED) is 0.767. The molecule has 0 aliphatic carbocycles. The van der Waals surface area contributed by atoms with E-state index in [1.54, 1.807) is 10.9 Å². The third-order valence-corrected chi connectivity index (χ3v) is 5.32. The van der Waals surface area contributed by atoms with Crippen LogP contribution in [0.1, 0.15) is 18.7 Å². The zero-order valence-corrected chi connectivity index (χ0v) is 16.5. The molecule has 0 spiro atoms. The van der Waals surface area contributed by atoms with Crippen LogP contribution in [0.15, 0.2) is 24.5 Å². The first-order valence-electron chi connectivity index (χ1n) is 9.83. The maximum Gasteiger partial charge on any atom is 0.247 e. The number of ether oxygens (including phenoxy) is 1. The van der Waals surface area contributed by atoms with Gasteiger partial charge in [-0.1, -0.05) is 0 Å². The summed E-state index contributed by atoms with van der Waals surface area (Å²) < 4.78 is 7.13. The van der Waals surface area contributed by atoms with Crippen LogP contribution in [0.4, 0.5) is 11.8 Å². The Morgan fingerprint density at radius 3 is 2.50 bits per heavy atom. The summed E-state index contributed by atoms with van der Waals surface area (Å²) in [6.45, 7) is 9.83. The Hall–Kier alpha value is -2.68. The molecule has 1 atom stereocenters. The highest BCUT2D eigenvalue weighted by Crippen LogP contribution is 2.20. The summed E-state index contributed by atoms with van der Waals surface area (Å²) in [4.78, 5) is 28.5. The SMILES string of the molecule is Cc1cc(N2CCN(C(=O)C(C)n3cccn3)CC2)nc(N2CCOCC2)n1. The Bertz CT molecular complexity index is 797. The van der Waals surface area contributed by atoms with Gasteiger partial charge in [-0.2, -0.15) is 10.1 Å². The van der Waals surface area contributed by atoms with E-state index < -0.39 is 0 Å². The molecule has 2 aliphatic heterocycles. The van der Waals surface area contributed by atoms with Gasteiger partial charge in [-0.25, -0.2) is 4.98 Å². The maximum absolute atomic E-state index is 12.8. The molecule has 2 aliphatic rings. The highest BCUT2D eigenvalue weighted by Gasteiger charge is 2.27. The zero-order chi connectivity index (χ0) is 19.5. The largest absolute Gasteiger partial charge is 0.378 e. The van der Waals surface area contributed by atoms with E-state index in [1.165, 1.54) is 0 Å². The van der Waals surface area contributed by atoms with Crippen molar-refractivity contribution < 1.29 is 9.53 Å². The molecule has 4 rings (SSSR count). The molecule has 9 heteroatoms. The number of anilines is 2. The molecule has 2 fully saturated rings. The van der Waals surface area contributed by atoms with E-state index in [0.717, 1.165) is 43.6 Å². The topological polar surface area (TPSA) is 79.6 Å². The molecular formula is C19H27N7O2. The predicted octanol–water partition coefficient (Wildman–Crippen LogP) is 0.728. The van der Waals surface area contributed by atoms with Gasteiger partial charge in [-0.15, -0.1) is 0 Å². The van der Waals surface area contributed by atoms with Crippen LogP contribution in [0.25, 0.3) is 0 Å². The molecule has 0 bridgehead atoms. The Balaban J connectivity index is 1.41. The summed E-state index contributed by atoms with van der Waals surface area (Å²) in [5.41, 5.74) is 0.956. The van der Waals surface area contributed by atoms with Gasteiger partial charge in [0.15, 0.2) is 0 Å². The maximum atomic E-state index is 12.8. The van der Waals surface area contributed by atoms with E-state index in [1.807, 2.05) is 37.1 Å². The van der Waals surface area contributed by atoms with Crippen molar-refractivity contribution in [2.75, 3.05) is 62.3 Å². The Morgan fingerprint density at radius 1 is 1.07 bits per heavy atom. The van der Waals surface area contributed by atoms with Crippen molar-refractivity contribution in [2.24, 2.45) is 0 Å². The van der Waals surface area contributed by atoms with Crippen molar-refractivity contribution >= 4 is 17.7 Å². The van der Waals surface area contributed by atoms with Gasteiger partial charge in [-0.05, 0) is 19.9 Å². The van der Waals surface area contributed by atoms with Crippen LogP contribution in [0, 0.1) is 6.92 Å². The Morgan fingerprint density at radius 2 is 1.82 bits per heavy atom. The fourth-order valence-electron chi connectivity index (χ4n) is 3.65. The van der Waals surface area contributed by atoms with Crippen molar-refractivity contribution in [1.29, 1.82) is 0 Å². The van der Waals surface area contributed by atoms with Crippen molar-refractivity contribution in [1.82, 2.24) is 24.6 Å². The van der Waals surface area contributed by atoms with Crippen molar-refractivity contribution in [3.05, 3.63) is 30.2 Å². The lowest BCUT2D eigenvalue weighted by Crippen LogP contribution is -2.50.